The molecule has 0 unspecified atom stereocenters. The maximum Gasteiger partial charge on any atom is 0.318 e. The number of rotatable bonds is 3. The standard InChI is InChI=1S/C13H14N4O2/c1-19-13-16-11-7-14-6-10(11)12(17-13)15-8-2-4-9(18)5-3-8/h2-5,14,18H,6-7H2,1H3,(H,15,16,17). The number of benzene rings is 1. The predicted molar refractivity (Wildman–Crippen MR) is 70.5 cm³/mol. The summed E-state index contributed by atoms with van der Waals surface area (Å²) in [6, 6.07) is 7.18. The van der Waals surface area contributed by atoms with Crippen molar-refractivity contribution in [3.05, 3.63) is 35.5 Å². The number of aromatic hydroxyl groups is 1. The largest absolute Gasteiger partial charge is 0.508 e. The van der Waals surface area contributed by atoms with Crippen LogP contribution >= 0.6 is 0 Å². The van der Waals surface area contributed by atoms with Gasteiger partial charge in [0.15, 0.2) is 0 Å². The smallest absolute Gasteiger partial charge is 0.318 e. The molecule has 19 heavy (non-hydrogen) atoms. The molecule has 2 aromatic rings. The first-order valence-electron chi connectivity index (χ1n) is 5.97. The fourth-order valence-corrected chi connectivity index (χ4v) is 2.02. The molecule has 1 aliphatic heterocycles. The average molecular weight is 258 g/mol. The highest BCUT2D eigenvalue weighted by Gasteiger charge is 2.19. The molecule has 0 bridgehead atoms. The third-order valence-corrected chi connectivity index (χ3v) is 2.98. The summed E-state index contributed by atoms with van der Waals surface area (Å²) in [5.41, 5.74) is 2.86. The van der Waals surface area contributed by atoms with Crippen LogP contribution < -0.4 is 15.4 Å². The van der Waals surface area contributed by atoms with E-state index < -0.39 is 0 Å². The number of anilines is 2. The van der Waals surface area contributed by atoms with Gasteiger partial charge in [-0.15, -0.1) is 0 Å². The molecule has 3 N–H and O–H groups in total. The number of ether oxygens (including phenoxy) is 1. The van der Waals surface area contributed by atoms with Gasteiger partial charge in [0.2, 0.25) is 0 Å². The molecule has 0 atom stereocenters. The van der Waals surface area contributed by atoms with Crippen LogP contribution in [0.4, 0.5) is 11.5 Å². The lowest BCUT2D eigenvalue weighted by atomic mass is 10.2. The third kappa shape index (κ3) is 2.30. The Labute approximate surface area is 110 Å². The highest BCUT2D eigenvalue weighted by molar-refractivity contribution is 5.61. The fraction of sp³-hybridized carbons (Fsp3) is 0.231. The lowest BCUT2D eigenvalue weighted by Gasteiger charge is -2.11. The third-order valence-electron chi connectivity index (χ3n) is 2.98. The van der Waals surface area contributed by atoms with Crippen LogP contribution in [0.2, 0.25) is 0 Å². The first kappa shape index (κ1) is 11.7. The van der Waals surface area contributed by atoms with E-state index in [4.69, 9.17) is 4.74 Å². The maximum atomic E-state index is 9.28. The number of methoxy groups -OCH3 is 1. The SMILES string of the molecule is COc1nc2c(c(Nc3ccc(O)cc3)n1)CNC2. The molecular weight excluding hydrogens is 244 g/mol. The quantitative estimate of drug-likeness (QED) is 0.725. The van der Waals surface area contributed by atoms with Crippen LogP contribution in [0.1, 0.15) is 11.3 Å². The van der Waals surface area contributed by atoms with E-state index in [2.05, 4.69) is 20.6 Å². The van der Waals surface area contributed by atoms with Crippen molar-refractivity contribution in [1.29, 1.82) is 0 Å². The zero-order chi connectivity index (χ0) is 13.2. The van der Waals surface area contributed by atoms with Gasteiger partial charge < -0.3 is 20.5 Å². The van der Waals surface area contributed by atoms with E-state index in [0.29, 0.717) is 6.01 Å². The summed E-state index contributed by atoms with van der Waals surface area (Å²) in [6.07, 6.45) is 0. The van der Waals surface area contributed by atoms with Crippen molar-refractivity contribution in [3.63, 3.8) is 0 Å². The summed E-state index contributed by atoms with van der Waals surface area (Å²) in [4.78, 5) is 8.65. The predicted octanol–water partition coefficient (Wildman–Crippen LogP) is 1.54. The van der Waals surface area contributed by atoms with Crippen LogP contribution in [0.3, 0.4) is 0 Å². The number of nitrogens with one attached hydrogen (secondary N) is 2. The highest BCUT2D eigenvalue weighted by atomic mass is 16.5. The van der Waals surface area contributed by atoms with Gasteiger partial charge in [0.1, 0.15) is 11.6 Å². The minimum atomic E-state index is 0.234. The Kier molecular flexibility index (Phi) is 2.92. The summed E-state index contributed by atoms with van der Waals surface area (Å²) in [5.74, 6) is 0.968. The highest BCUT2D eigenvalue weighted by Crippen LogP contribution is 2.27. The molecule has 0 aliphatic carbocycles. The molecule has 6 nitrogen and oxygen atoms in total. The van der Waals surface area contributed by atoms with Crippen LogP contribution in [0.5, 0.6) is 11.8 Å². The second kappa shape index (κ2) is 4.74. The van der Waals surface area contributed by atoms with Crippen molar-refractivity contribution in [3.8, 4) is 11.8 Å². The Bertz CT molecular complexity index is 598. The van der Waals surface area contributed by atoms with Gasteiger partial charge in [0.05, 0.1) is 12.8 Å². The van der Waals surface area contributed by atoms with Gasteiger partial charge in [-0.1, -0.05) is 0 Å². The molecule has 98 valence electrons. The molecule has 2 heterocycles. The zero-order valence-electron chi connectivity index (χ0n) is 10.5. The first-order chi connectivity index (χ1) is 9.26. The molecule has 0 saturated heterocycles. The topological polar surface area (TPSA) is 79.3 Å². The van der Waals surface area contributed by atoms with E-state index >= 15 is 0 Å². The number of aromatic nitrogens is 2. The Hall–Kier alpha value is -2.34. The van der Waals surface area contributed by atoms with Gasteiger partial charge in [-0.25, -0.2) is 0 Å². The summed E-state index contributed by atoms with van der Waals surface area (Å²) in [7, 11) is 1.55. The van der Waals surface area contributed by atoms with Crippen LogP contribution in [0.15, 0.2) is 24.3 Å². The van der Waals surface area contributed by atoms with Gasteiger partial charge in [0, 0.05) is 24.3 Å². The number of fused-ring (bicyclic) bond motifs is 1. The van der Waals surface area contributed by atoms with Gasteiger partial charge in [-0.2, -0.15) is 9.97 Å². The van der Waals surface area contributed by atoms with Gasteiger partial charge >= 0.3 is 6.01 Å². The van der Waals surface area contributed by atoms with Crippen molar-refractivity contribution in [2.24, 2.45) is 0 Å². The molecule has 6 heteroatoms. The molecule has 3 rings (SSSR count). The lowest BCUT2D eigenvalue weighted by Crippen LogP contribution is -2.04. The van der Waals surface area contributed by atoms with Gasteiger partial charge in [-0.05, 0) is 24.3 Å². The van der Waals surface area contributed by atoms with Crippen molar-refractivity contribution in [2.45, 2.75) is 13.1 Å². The molecule has 0 saturated carbocycles. The molecule has 1 aromatic heterocycles. The lowest BCUT2D eigenvalue weighted by molar-refractivity contribution is 0.379. The normalized spacial score (nSPS) is 13.1. The first-order valence-corrected chi connectivity index (χ1v) is 5.97. The Morgan fingerprint density at radius 2 is 2.00 bits per heavy atom. The Morgan fingerprint density at radius 3 is 2.74 bits per heavy atom. The van der Waals surface area contributed by atoms with Crippen molar-refractivity contribution in [2.75, 3.05) is 12.4 Å². The van der Waals surface area contributed by atoms with Crippen LogP contribution in [0, 0.1) is 0 Å². The van der Waals surface area contributed by atoms with Crippen LogP contribution in [0.25, 0.3) is 0 Å². The molecule has 0 fully saturated rings. The zero-order valence-corrected chi connectivity index (χ0v) is 10.5. The Morgan fingerprint density at radius 1 is 1.21 bits per heavy atom. The van der Waals surface area contributed by atoms with Gasteiger partial charge in [-0.3, -0.25) is 0 Å². The summed E-state index contributed by atoms with van der Waals surface area (Å²) < 4.78 is 5.11. The van der Waals surface area contributed by atoms with Crippen molar-refractivity contribution >= 4 is 11.5 Å². The minimum absolute atomic E-state index is 0.234. The van der Waals surface area contributed by atoms with E-state index in [0.717, 1.165) is 35.9 Å². The molecule has 0 spiro atoms. The van der Waals surface area contributed by atoms with E-state index in [1.165, 1.54) is 0 Å². The average Bonchev–Trinajstić information content (AvgIpc) is 2.89. The van der Waals surface area contributed by atoms with E-state index in [-0.39, 0.29) is 5.75 Å². The van der Waals surface area contributed by atoms with Gasteiger partial charge in [0.25, 0.3) is 0 Å². The number of phenolic OH excluding ortho intramolecular Hbond substituents is 1. The van der Waals surface area contributed by atoms with Crippen molar-refractivity contribution < 1.29 is 9.84 Å². The van der Waals surface area contributed by atoms with Crippen LogP contribution in [-0.2, 0) is 13.1 Å². The number of hydrogen-bond acceptors (Lipinski definition) is 6. The number of nitrogens with zero attached hydrogens (tertiary/aromatic N) is 2. The maximum absolute atomic E-state index is 9.28. The van der Waals surface area contributed by atoms with E-state index in [1.54, 1.807) is 31.4 Å². The summed E-state index contributed by atoms with van der Waals surface area (Å²) >= 11 is 0. The second-order valence-electron chi connectivity index (χ2n) is 4.26. The molecule has 1 aliphatic rings. The monoisotopic (exact) mass is 258 g/mol. The van der Waals surface area contributed by atoms with E-state index in [1.807, 2.05) is 0 Å². The Balaban J connectivity index is 1.95. The van der Waals surface area contributed by atoms with Crippen LogP contribution in [-0.4, -0.2) is 22.2 Å². The summed E-state index contributed by atoms with van der Waals surface area (Å²) in [5, 5.41) is 15.7. The molecule has 0 amide bonds. The van der Waals surface area contributed by atoms with E-state index in [9.17, 15) is 5.11 Å². The number of hydrogen-bond donors (Lipinski definition) is 3. The summed E-state index contributed by atoms with van der Waals surface area (Å²) in [6.45, 7) is 1.46. The number of phenols is 1. The van der Waals surface area contributed by atoms with Crippen molar-refractivity contribution in [1.82, 2.24) is 15.3 Å². The molecule has 0 radical (unpaired) electrons. The molecular formula is C13H14N4O2. The molecule has 1 aromatic carbocycles. The minimum Gasteiger partial charge on any atom is -0.508 e. The second-order valence-corrected chi connectivity index (χ2v) is 4.26. The fourth-order valence-electron chi connectivity index (χ4n) is 2.02.